The molecule has 0 spiro atoms. The Morgan fingerprint density at radius 3 is 2.46 bits per heavy atom. The predicted octanol–water partition coefficient (Wildman–Crippen LogP) is -0.0547. The highest BCUT2D eigenvalue weighted by Gasteiger charge is 2.25. The van der Waals surface area contributed by atoms with Gasteiger partial charge in [0.25, 0.3) is 0 Å². The van der Waals surface area contributed by atoms with E-state index in [0.29, 0.717) is 58.2 Å². The lowest BCUT2D eigenvalue weighted by Crippen LogP contribution is -2.52. The van der Waals surface area contributed by atoms with Crippen molar-refractivity contribution in [1.82, 2.24) is 14.7 Å². The zero-order valence-electron chi connectivity index (χ0n) is 16.4. The van der Waals surface area contributed by atoms with Crippen LogP contribution >= 0.6 is 0 Å². The second-order valence-electron chi connectivity index (χ2n) is 7.11. The van der Waals surface area contributed by atoms with E-state index in [1.54, 1.807) is 24.3 Å². The highest BCUT2D eigenvalue weighted by Crippen LogP contribution is 2.18. The van der Waals surface area contributed by atoms with Crippen molar-refractivity contribution >= 4 is 15.7 Å². The smallest absolute Gasteiger partial charge is 0.236 e. The van der Waals surface area contributed by atoms with Gasteiger partial charge in [-0.05, 0) is 18.2 Å². The molecule has 0 radical (unpaired) electrons. The van der Waals surface area contributed by atoms with E-state index in [1.807, 2.05) is 4.90 Å². The maximum Gasteiger partial charge on any atom is 0.236 e. The van der Waals surface area contributed by atoms with E-state index in [2.05, 4.69) is 9.80 Å². The molecular weight excluding hydrogens is 382 g/mol. The summed E-state index contributed by atoms with van der Waals surface area (Å²) in [6.45, 7) is 6.54. The molecule has 2 aliphatic heterocycles. The number of carbonyl (C=O) groups is 1. The molecular formula is C19H29N3O5S. The van der Waals surface area contributed by atoms with Crippen LogP contribution in [0.4, 0.5) is 0 Å². The number of nitrogens with zero attached hydrogens (tertiary/aromatic N) is 3. The van der Waals surface area contributed by atoms with Crippen molar-refractivity contribution in [3.8, 4) is 5.75 Å². The first kappa shape index (κ1) is 21.0. The van der Waals surface area contributed by atoms with Gasteiger partial charge >= 0.3 is 0 Å². The number of piperazine rings is 1. The normalized spacial score (nSPS) is 19.5. The Morgan fingerprint density at radius 2 is 1.79 bits per heavy atom. The molecule has 0 atom stereocenters. The van der Waals surface area contributed by atoms with Gasteiger partial charge in [0.2, 0.25) is 5.91 Å². The van der Waals surface area contributed by atoms with Crippen molar-refractivity contribution in [2.45, 2.75) is 4.90 Å². The Kier molecular flexibility index (Phi) is 7.28. The fraction of sp³-hybridized carbons (Fsp3) is 0.632. The van der Waals surface area contributed by atoms with Crippen LogP contribution in [0.3, 0.4) is 0 Å². The number of benzene rings is 1. The highest BCUT2D eigenvalue weighted by atomic mass is 32.2. The molecule has 3 rings (SSSR count). The van der Waals surface area contributed by atoms with Gasteiger partial charge in [0.05, 0.1) is 37.5 Å². The molecule has 0 unspecified atom stereocenters. The van der Waals surface area contributed by atoms with Gasteiger partial charge in [0.1, 0.15) is 5.75 Å². The molecule has 156 valence electrons. The fourth-order valence-electron chi connectivity index (χ4n) is 3.43. The van der Waals surface area contributed by atoms with E-state index in [4.69, 9.17) is 9.47 Å². The molecule has 0 N–H and O–H groups in total. The molecule has 1 aromatic rings. The number of amides is 1. The van der Waals surface area contributed by atoms with Crippen molar-refractivity contribution in [1.29, 1.82) is 0 Å². The van der Waals surface area contributed by atoms with Gasteiger partial charge in [-0.3, -0.25) is 14.6 Å². The standard InChI is InChI=1S/C19H29N3O5S/c1-26-17-3-2-4-18(15-17)28(24,25)14-11-20-5-7-22(8-6-20)19(23)16-21-9-12-27-13-10-21/h2-4,15H,5-14,16H2,1H3. The summed E-state index contributed by atoms with van der Waals surface area (Å²) in [6.07, 6.45) is 0. The molecule has 8 nitrogen and oxygen atoms in total. The first-order chi connectivity index (χ1) is 13.5. The maximum absolute atomic E-state index is 12.6. The monoisotopic (exact) mass is 411 g/mol. The number of morpholine rings is 1. The molecule has 0 saturated carbocycles. The van der Waals surface area contributed by atoms with Crippen LogP contribution in [-0.2, 0) is 19.4 Å². The Bertz CT molecular complexity index is 757. The Hall–Kier alpha value is -1.68. The lowest BCUT2D eigenvalue weighted by Gasteiger charge is -2.36. The third-order valence-corrected chi connectivity index (χ3v) is 6.96. The van der Waals surface area contributed by atoms with Crippen molar-refractivity contribution in [3.05, 3.63) is 24.3 Å². The predicted molar refractivity (Wildman–Crippen MR) is 105 cm³/mol. The average molecular weight is 412 g/mol. The maximum atomic E-state index is 12.6. The minimum atomic E-state index is -3.36. The second kappa shape index (κ2) is 9.69. The van der Waals surface area contributed by atoms with E-state index >= 15 is 0 Å². The van der Waals surface area contributed by atoms with Gasteiger partial charge < -0.3 is 14.4 Å². The number of ether oxygens (including phenoxy) is 2. The zero-order chi connectivity index (χ0) is 20.0. The van der Waals surface area contributed by atoms with Crippen molar-refractivity contribution < 1.29 is 22.7 Å². The van der Waals surface area contributed by atoms with Gasteiger partial charge in [-0.2, -0.15) is 0 Å². The third-order valence-electron chi connectivity index (χ3n) is 5.26. The molecule has 0 bridgehead atoms. The highest BCUT2D eigenvalue weighted by molar-refractivity contribution is 7.91. The lowest BCUT2D eigenvalue weighted by molar-refractivity contribution is -0.135. The largest absolute Gasteiger partial charge is 0.497 e. The molecule has 2 saturated heterocycles. The summed E-state index contributed by atoms with van der Waals surface area (Å²) in [5.41, 5.74) is 0. The summed E-state index contributed by atoms with van der Waals surface area (Å²) < 4.78 is 35.6. The van der Waals surface area contributed by atoms with E-state index in [9.17, 15) is 13.2 Å². The first-order valence-electron chi connectivity index (χ1n) is 9.65. The average Bonchev–Trinajstić information content (AvgIpc) is 2.73. The molecule has 0 aromatic heterocycles. The number of methoxy groups -OCH3 is 1. The van der Waals surface area contributed by atoms with Gasteiger partial charge in [-0.15, -0.1) is 0 Å². The SMILES string of the molecule is COc1cccc(S(=O)(=O)CCN2CCN(C(=O)CN3CCOCC3)CC2)c1. The van der Waals surface area contributed by atoms with E-state index in [-0.39, 0.29) is 16.6 Å². The number of carbonyl (C=O) groups excluding carboxylic acids is 1. The van der Waals surface area contributed by atoms with E-state index in [1.165, 1.54) is 7.11 Å². The second-order valence-corrected chi connectivity index (χ2v) is 9.22. The summed E-state index contributed by atoms with van der Waals surface area (Å²) >= 11 is 0. The molecule has 2 aliphatic rings. The van der Waals surface area contributed by atoms with Crippen LogP contribution in [0.15, 0.2) is 29.2 Å². The molecule has 28 heavy (non-hydrogen) atoms. The number of rotatable bonds is 7. The third kappa shape index (κ3) is 5.66. The number of sulfone groups is 1. The van der Waals surface area contributed by atoms with Gasteiger partial charge in [-0.25, -0.2) is 8.42 Å². The lowest BCUT2D eigenvalue weighted by atomic mass is 10.3. The quantitative estimate of drug-likeness (QED) is 0.622. The van der Waals surface area contributed by atoms with Crippen LogP contribution in [0.1, 0.15) is 0 Å². The Labute approximate surface area is 166 Å². The molecule has 2 fully saturated rings. The molecule has 0 aliphatic carbocycles. The minimum absolute atomic E-state index is 0.0574. The number of hydrogen-bond acceptors (Lipinski definition) is 7. The van der Waals surface area contributed by atoms with E-state index in [0.717, 1.165) is 13.1 Å². The number of hydrogen-bond donors (Lipinski definition) is 0. The van der Waals surface area contributed by atoms with Crippen molar-refractivity contribution in [3.63, 3.8) is 0 Å². The van der Waals surface area contributed by atoms with Gasteiger partial charge in [0.15, 0.2) is 9.84 Å². The van der Waals surface area contributed by atoms with Crippen molar-refractivity contribution in [2.24, 2.45) is 0 Å². The van der Waals surface area contributed by atoms with Crippen LogP contribution in [0.25, 0.3) is 0 Å². The summed E-state index contributed by atoms with van der Waals surface area (Å²) in [4.78, 5) is 18.8. The van der Waals surface area contributed by atoms with Crippen LogP contribution < -0.4 is 4.74 Å². The topological polar surface area (TPSA) is 79.4 Å². The Morgan fingerprint density at radius 1 is 1.07 bits per heavy atom. The van der Waals surface area contributed by atoms with Gasteiger partial charge in [-0.1, -0.05) is 6.07 Å². The molecule has 2 heterocycles. The van der Waals surface area contributed by atoms with Crippen molar-refractivity contribution in [2.75, 3.05) is 78.4 Å². The van der Waals surface area contributed by atoms with Crippen LogP contribution in [0.5, 0.6) is 5.75 Å². The fourth-order valence-corrected chi connectivity index (χ4v) is 4.75. The summed E-state index contributed by atoms with van der Waals surface area (Å²) in [7, 11) is -1.84. The Balaban J connectivity index is 1.44. The molecule has 1 aromatic carbocycles. The van der Waals surface area contributed by atoms with Crippen LogP contribution in [-0.4, -0.2) is 107 Å². The minimum Gasteiger partial charge on any atom is -0.497 e. The van der Waals surface area contributed by atoms with Gasteiger partial charge in [0, 0.05) is 45.8 Å². The molecule has 1 amide bonds. The zero-order valence-corrected chi connectivity index (χ0v) is 17.2. The van der Waals surface area contributed by atoms with E-state index < -0.39 is 9.84 Å². The summed E-state index contributed by atoms with van der Waals surface area (Å²) in [5, 5.41) is 0. The van der Waals surface area contributed by atoms with Crippen LogP contribution in [0.2, 0.25) is 0 Å². The molecule has 9 heteroatoms. The van der Waals surface area contributed by atoms with Crippen LogP contribution in [0, 0.1) is 0 Å². The first-order valence-corrected chi connectivity index (χ1v) is 11.3. The summed E-state index contributed by atoms with van der Waals surface area (Å²) in [6, 6.07) is 6.56. The summed E-state index contributed by atoms with van der Waals surface area (Å²) in [5.74, 6) is 0.737.